The first-order chi connectivity index (χ1) is 16.0. The van der Waals surface area contributed by atoms with Crippen LogP contribution < -0.4 is 4.90 Å². The number of carbonyl (C=O) groups excluding carboxylic acids is 2. The number of piperidine rings is 1. The standard InChI is InChI=1S/C25H30N6O2/c1-27-12-6-9-22(27)23(32)29-13-10-25(11-14-29)24(33)31(21-17-26-28(2)19-21)16-15-30(25)18-20-7-4-3-5-8-20/h3-9,12,17,19H,10-11,13-16,18H2,1-2H3. The van der Waals surface area contributed by atoms with Gasteiger partial charge in [-0.15, -0.1) is 0 Å². The van der Waals surface area contributed by atoms with Gasteiger partial charge in [0.2, 0.25) is 5.91 Å². The van der Waals surface area contributed by atoms with Crippen molar-refractivity contribution in [2.45, 2.75) is 24.9 Å². The summed E-state index contributed by atoms with van der Waals surface area (Å²) in [4.78, 5) is 33.2. The van der Waals surface area contributed by atoms with Gasteiger partial charge in [-0.3, -0.25) is 19.2 Å². The van der Waals surface area contributed by atoms with Crippen molar-refractivity contribution in [1.82, 2.24) is 24.1 Å². The number of aryl methyl sites for hydroxylation is 2. The third-order valence-electron chi connectivity index (χ3n) is 7.10. The first kappa shape index (κ1) is 21.5. The summed E-state index contributed by atoms with van der Waals surface area (Å²) < 4.78 is 3.58. The number of piperazine rings is 1. The predicted octanol–water partition coefficient (Wildman–Crippen LogP) is 2.28. The molecule has 3 aromatic rings. The van der Waals surface area contributed by atoms with Crippen LogP contribution in [0, 0.1) is 0 Å². The molecule has 1 spiro atoms. The fourth-order valence-electron chi connectivity index (χ4n) is 5.21. The van der Waals surface area contributed by atoms with Crippen LogP contribution in [0.2, 0.25) is 0 Å². The molecule has 0 saturated carbocycles. The fraction of sp³-hybridized carbons (Fsp3) is 0.400. The molecule has 2 aromatic heterocycles. The van der Waals surface area contributed by atoms with Crippen molar-refractivity contribution in [2.24, 2.45) is 14.1 Å². The van der Waals surface area contributed by atoms with Gasteiger partial charge >= 0.3 is 0 Å². The van der Waals surface area contributed by atoms with Crippen molar-refractivity contribution in [3.8, 4) is 0 Å². The number of anilines is 1. The number of benzene rings is 1. The van der Waals surface area contributed by atoms with E-state index in [0.717, 1.165) is 18.8 Å². The molecule has 2 amide bonds. The number of nitrogens with zero attached hydrogens (tertiary/aromatic N) is 6. The van der Waals surface area contributed by atoms with E-state index in [4.69, 9.17) is 0 Å². The van der Waals surface area contributed by atoms with E-state index in [2.05, 4.69) is 22.1 Å². The molecule has 33 heavy (non-hydrogen) atoms. The number of amides is 2. The summed E-state index contributed by atoms with van der Waals surface area (Å²) in [6, 6.07) is 14.0. The van der Waals surface area contributed by atoms with Gasteiger partial charge in [0, 0.05) is 59.2 Å². The van der Waals surface area contributed by atoms with Crippen molar-refractivity contribution < 1.29 is 9.59 Å². The first-order valence-electron chi connectivity index (χ1n) is 11.5. The Bertz CT molecular complexity index is 1140. The lowest BCUT2D eigenvalue weighted by Crippen LogP contribution is -2.69. The second-order valence-electron chi connectivity index (χ2n) is 9.06. The highest BCUT2D eigenvalue weighted by molar-refractivity contribution is 6.01. The van der Waals surface area contributed by atoms with E-state index in [1.807, 2.05) is 71.2 Å². The molecule has 0 atom stereocenters. The van der Waals surface area contributed by atoms with E-state index >= 15 is 0 Å². The average molecular weight is 447 g/mol. The molecule has 172 valence electrons. The van der Waals surface area contributed by atoms with Gasteiger partial charge in [0.05, 0.1) is 11.9 Å². The van der Waals surface area contributed by atoms with Crippen LogP contribution in [0.25, 0.3) is 0 Å². The Morgan fingerprint density at radius 2 is 1.76 bits per heavy atom. The van der Waals surface area contributed by atoms with E-state index < -0.39 is 5.54 Å². The van der Waals surface area contributed by atoms with Gasteiger partial charge in [-0.1, -0.05) is 30.3 Å². The minimum atomic E-state index is -0.630. The third-order valence-corrected chi connectivity index (χ3v) is 7.10. The monoisotopic (exact) mass is 446 g/mol. The summed E-state index contributed by atoms with van der Waals surface area (Å²) in [5.74, 6) is 0.142. The fourth-order valence-corrected chi connectivity index (χ4v) is 5.21. The molecule has 0 aliphatic carbocycles. The third kappa shape index (κ3) is 3.84. The van der Waals surface area contributed by atoms with Crippen LogP contribution >= 0.6 is 0 Å². The molecule has 5 rings (SSSR count). The zero-order valence-corrected chi connectivity index (χ0v) is 19.2. The van der Waals surface area contributed by atoms with Gasteiger partial charge in [0.25, 0.3) is 5.91 Å². The molecular formula is C25H30N6O2. The number of likely N-dealkylation sites (tertiary alicyclic amines) is 1. The maximum absolute atomic E-state index is 14.0. The number of carbonyl (C=O) groups is 2. The number of hydrogen-bond acceptors (Lipinski definition) is 4. The zero-order valence-electron chi connectivity index (χ0n) is 19.2. The minimum Gasteiger partial charge on any atom is -0.347 e. The van der Waals surface area contributed by atoms with Crippen LogP contribution in [-0.2, 0) is 25.4 Å². The molecule has 0 radical (unpaired) electrons. The lowest BCUT2D eigenvalue weighted by molar-refractivity contribution is -0.138. The molecule has 4 heterocycles. The molecule has 2 fully saturated rings. The summed E-state index contributed by atoms with van der Waals surface area (Å²) in [5, 5.41) is 4.27. The Balaban J connectivity index is 1.41. The molecule has 0 bridgehead atoms. The molecule has 8 heteroatoms. The minimum absolute atomic E-state index is 0.0272. The molecule has 2 aliphatic heterocycles. The molecule has 0 N–H and O–H groups in total. The molecule has 0 unspecified atom stereocenters. The Morgan fingerprint density at radius 1 is 1.00 bits per heavy atom. The molecular weight excluding hydrogens is 416 g/mol. The lowest BCUT2D eigenvalue weighted by atomic mass is 9.81. The number of rotatable bonds is 4. The van der Waals surface area contributed by atoms with Gasteiger partial charge in [0.15, 0.2) is 0 Å². The van der Waals surface area contributed by atoms with Crippen LogP contribution in [0.4, 0.5) is 5.69 Å². The number of aromatic nitrogens is 3. The van der Waals surface area contributed by atoms with Crippen LogP contribution in [0.15, 0.2) is 61.1 Å². The van der Waals surface area contributed by atoms with Crippen molar-refractivity contribution in [3.05, 3.63) is 72.3 Å². The van der Waals surface area contributed by atoms with Gasteiger partial charge in [-0.05, 0) is 30.5 Å². The highest BCUT2D eigenvalue weighted by Gasteiger charge is 2.51. The second kappa shape index (κ2) is 8.51. The smallest absolute Gasteiger partial charge is 0.270 e. The van der Waals surface area contributed by atoms with Crippen LogP contribution in [0.3, 0.4) is 0 Å². The predicted molar refractivity (Wildman–Crippen MR) is 126 cm³/mol. The maximum atomic E-state index is 14.0. The highest BCUT2D eigenvalue weighted by Crippen LogP contribution is 2.37. The first-order valence-corrected chi connectivity index (χ1v) is 11.5. The van der Waals surface area contributed by atoms with Gasteiger partial charge in [-0.25, -0.2) is 0 Å². The van der Waals surface area contributed by atoms with E-state index in [9.17, 15) is 9.59 Å². The Kier molecular flexibility index (Phi) is 5.54. The van der Waals surface area contributed by atoms with Crippen molar-refractivity contribution in [1.29, 1.82) is 0 Å². The molecule has 1 aromatic carbocycles. The van der Waals surface area contributed by atoms with Gasteiger partial charge < -0.3 is 14.4 Å². The Hall–Kier alpha value is -3.39. The van der Waals surface area contributed by atoms with Crippen LogP contribution in [0.5, 0.6) is 0 Å². The summed E-state index contributed by atoms with van der Waals surface area (Å²) in [6.45, 7) is 3.25. The van der Waals surface area contributed by atoms with Crippen molar-refractivity contribution >= 4 is 17.5 Å². The van der Waals surface area contributed by atoms with E-state index in [0.29, 0.717) is 38.2 Å². The zero-order chi connectivity index (χ0) is 23.0. The summed E-state index contributed by atoms with van der Waals surface area (Å²) in [6.07, 6.45) is 6.77. The van der Waals surface area contributed by atoms with E-state index in [1.54, 1.807) is 10.9 Å². The normalized spacial score (nSPS) is 18.8. The lowest BCUT2D eigenvalue weighted by Gasteiger charge is -2.52. The Morgan fingerprint density at radius 3 is 2.39 bits per heavy atom. The van der Waals surface area contributed by atoms with Crippen LogP contribution in [-0.4, -0.2) is 67.7 Å². The van der Waals surface area contributed by atoms with E-state index in [1.165, 1.54) is 5.56 Å². The quantitative estimate of drug-likeness (QED) is 0.617. The van der Waals surface area contributed by atoms with Crippen molar-refractivity contribution in [2.75, 3.05) is 31.1 Å². The van der Waals surface area contributed by atoms with Gasteiger partial charge in [-0.2, -0.15) is 5.10 Å². The van der Waals surface area contributed by atoms with Gasteiger partial charge in [0.1, 0.15) is 11.2 Å². The summed E-state index contributed by atoms with van der Waals surface area (Å²) >= 11 is 0. The average Bonchev–Trinajstić information content (AvgIpc) is 3.46. The molecule has 2 aliphatic rings. The molecule has 8 nitrogen and oxygen atoms in total. The molecule has 2 saturated heterocycles. The topological polar surface area (TPSA) is 66.6 Å². The second-order valence-corrected chi connectivity index (χ2v) is 9.06. The largest absolute Gasteiger partial charge is 0.347 e. The summed E-state index contributed by atoms with van der Waals surface area (Å²) in [5.41, 5.74) is 2.08. The summed E-state index contributed by atoms with van der Waals surface area (Å²) in [7, 11) is 3.75. The van der Waals surface area contributed by atoms with E-state index in [-0.39, 0.29) is 11.8 Å². The highest BCUT2D eigenvalue weighted by atomic mass is 16.2. The maximum Gasteiger partial charge on any atom is 0.270 e. The SMILES string of the molecule is Cn1cc(N2CCN(Cc3ccccc3)C3(CCN(C(=O)c4cccn4C)CC3)C2=O)cn1. The Labute approximate surface area is 194 Å². The van der Waals surface area contributed by atoms with Crippen molar-refractivity contribution in [3.63, 3.8) is 0 Å². The van der Waals surface area contributed by atoms with Crippen LogP contribution in [0.1, 0.15) is 28.9 Å². The number of hydrogen-bond donors (Lipinski definition) is 0.